The third-order valence-corrected chi connectivity index (χ3v) is 8.51. The van der Waals surface area contributed by atoms with Crippen molar-refractivity contribution in [2.75, 3.05) is 26.4 Å². The van der Waals surface area contributed by atoms with Crippen molar-refractivity contribution in [2.24, 2.45) is 5.92 Å². The minimum atomic E-state index is -1.88. The standard InChI is InChI=1S/C25H44O20/c1-6-11(28)21(8(3-27)41-22(6)38)45-25-20(37)17(34)14(31)10(44-25)5-40-24-19(36)16(33)13(30)9(43-24)4-39-23-18(35)15(32)12(29)7(2-26)42-23/h6-38H,2-5H2,1H3/t6?,7?,8?,9?,10?,11-,12-,13-,14-,15+,16+,17+,18?,19?,20?,21-,22?,23+,24+,25+/m1/s1. The normalized spacial score (nSPS) is 52.9. The average Bonchev–Trinajstić information content (AvgIpc) is 3.03. The largest absolute Gasteiger partial charge is 0.394 e. The van der Waals surface area contributed by atoms with Crippen molar-refractivity contribution in [1.29, 1.82) is 0 Å². The predicted octanol–water partition coefficient (Wildman–Crippen LogP) is -8.47. The lowest BCUT2D eigenvalue weighted by Gasteiger charge is -2.46. The summed E-state index contributed by atoms with van der Waals surface area (Å²) in [6.45, 7) is -1.27. The Hall–Kier alpha value is -0.800. The topological polar surface area (TPSA) is 328 Å². The van der Waals surface area contributed by atoms with Gasteiger partial charge < -0.3 is 99.5 Å². The van der Waals surface area contributed by atoms with E-state index < -0.39 is 149 Å². The van der Waals surface area contributed by atoms with Gasteiger partial charge in [-0.1, -0.05) is 6.92 Å². The van der Waals surface area contributed by atoms with Crippen LogP contribution in [0.15, 0.2) is 0 Å². The van der Waals surface area contributed by atoms with Gasteiger partial charge in [-0.05, 0) is 0 Å². The number of hydrogen-bond acceptors (Lipinski definition) is 20. The molecule has 0 spiro atoms. The van der Waals surface area contributed by atoms with Crippen LogP contribution in [0.3, 0.4) is 0 Å². The van der Waals surface area contributed by atoms with Crippen LogP contribution in [0.5, 0.6) is 0 Å². The van der Waals surface area contributed by atoms with E-state index in [9.17, 15) is 66.4 Å². The zero-order valence-corrected chi connectivity index (χ0v) is 24.0. The molecule has 4 saturated heterocycles. The van der Waals surface area contributed by atoms with Gasteiger partial charge in [0.25, 0.3) is 0 Å². The molecule has 20 heteroatoms. The van der Waals surface area contributed by atoms with Gasteiger partial charge in [-0.15, -0.1) is 0 Å². The van der Waals surface area contributed by atoms with Crippen molar-refractivity contribution in [2.45, 2.75) is 124 Å². The molecule has 20 nitrogen and oxygen atoms in total. The molecule has 4 aliphatic rings. The number of aliphatic hydroxyl groups excluding tert-OH is 13. The Bertz CT molecular complexity index is 914. The smallest absolute Gasteiger partial charge is 0.187 e. The highest BCUT2D eigenvalue weighted by atomic mass is 16.8. The highest BCUT2D eigenvalue weighted by molar-refractivity contribution is 4.95. The maximum absolute atomic E-state index is 10.6. The summed E-state index contributed by atoms with van der Waals surface area (Å²) in [6, 6.07) is 0. The van der Waals surface area contributed by atoms with Gasteiger partial charge >= 0.3 is 0 Å². The van der Waals surface area contributed by atoms with Crippen LogP contribution >= 0.6 is 0 Å². The van der Waals surface area contributed by atoms with E-state index in [2.05, 4.69) is 0 Å². The zero-order valence-electron chi connectivity index (χ0n) is 24.0. The van der Waals surface area contributed by atoms with Gasteiger partial charge in [0.15, 0.2) is 25.2 Å². The molecule has 264 valence electrons. The summed E-state index contributed by atoms with van der Waals surface area (Å²) in [6.07, 6.45) is -30.8. The lowest BCUT2D eigenvalue weighted by molar-refractivity contribution is -0.360. The molecular formula is C25H44O20. The lowest BCUT2D eigenvalue weighted by atomic mass is 9.92. The fraction of sp³-hybridized carbons (Fsp3) is 1.00. The third kappa shape index (κ3) is 7.76. The Morgan fingerprint density at radius 2 is 0.844 bits per heavy atom. The Balaban J connectivity index is 1.37. The Labute approximate surface area is 256 Å². The summed E-state index contributed by atoms with van der Waals surface area (Å²) in [5.74, 6) is -0.877. The van der Waals surface area contributed by atoms with Crippen LogP contribution < -0.4 is 0 Å². The van der Waals surface area contributed by atoms with E-state index in [1.54, 1.807) is 0 Å². The predicted molar refractivity (Wildman–Crippen MR) is 137 cm³/mol. The first-order valence-corrected chi connectivity index (χ1v) is 14.4. The fourth-order valence-corrected chi connectivity index (χ4v) is 5.48. The summed E-state index contributed by atoms with van der Waals surface area (Å²) in [5.41, 5.74) is 0. The molecule has 0 aromatic heterocycles. The minimum absolute atomic E-state index is 0.623. The van der Waals surface area contributed by atoms with Gasteiger partial charge in [0, 0.05) is 5.92 Å². The van der Waals surface area contributed by atoms with E-state index in [1.807, 2.05) is 0 Å². The van der Waals surface area contributed by atoms with E-state index in [4.69, 9.17) is 33.2 Å². The molecule has 0 aromatic rings. The maximum Gasteiger partial charge on any atom is 0.187 e. The first-order valence-electron chi connectivity index (χ1n) is 14.4. The maximum atomic E-state index is 10.6. The summed E-state index contributed by atoms with van der Waals surface area (Å²) in [4.78, 5) is 0. The quantitative estimate of drug-likeness (QED) is 0.103. The lowest BCUT2D eigenvalue weighted by Crippen LogP contribution is -2.64. The highest BCUT2D eigenvalue weighted by Crippen LogP contribution is 2.32. The summed E-state index contributed by atoms with van der Waals surface area (Å²) in [7, 11) is 0. The highest BCUT2D eigenvalue weighted by Gasteiger charge is 2.51. The van der Waals surface area contributed by atoms with Gasteiger partial charge in [-0.2, -0.15) is 0 Å². The Morgan fingerprint density at radius 1 is 0.444 bits per heavy atom. The van der Waals surface area contributed by atoms with Crippen LogP contribution in [-0.4, -0.2) is 210 Å². The molecule has 0 amide bonds. The number of aliphatic hydroxyl groups is 13. The molecule has 9 unspecified atom stereocenters. The number of hydrogen-bond donors (Lipinski definition) is 13. The van der Waals surface area contributed by atoms with E-state index in [0.717, 1.165) is 0 Å². The van der Waals surface area contributed by atoms with Gasteiger partial charge in [0.1, 0.15) is 85.5 Å². The van der Waals surface area contributed by atoms with Crippen LogP contribution in [0, 0.1) is 5.92 Å². The van der Waals surface area contributed by atoms with Crippen molar-refractivity contribution in [3.8, 4) is 0 Å². The molecule has 4 fully saturated rings. The molecule has 0 aliphatic carbocycles. The van der Waals surface area contributed by atoms with Crippen molar-refractivity contribution in [3.63, 3.8) is 0 Å². The van der Waals surface area contributed by atoms with E-state index in [1.165, 1.54) is 6.92 Å². The molecule has 0 aromatic carbocycles. The van der Waals surface area contributed by atoms with E-state index >= 15 is 0 Å². The van der Waals surface area contributed by atoms with Crippen molar-refractivity contribution in [3.05, 3.63) is 0 Å². The number of ether oxygens (including phenoxy) is 7. The zero-order chi connectivity index (χ0) is 33.3. The molecular weight excluding hydrogens is 620 g/mol. The van der Waals surface area contributed by atoms with Crippen LogP contribution in [0.2, 0.25) is 0 Å². The van der Waals surface area contributed by atoms with Crippen molar-refractivity contribution < 1.29 is 99.5 Å². The van der Waals surface area contributed by atoms with Crippen LogP contribution in [-0.2, 0) is 33.2 Å². The van der Waals surface area contributed by atoms with Gasteiger partial charge in [-0.25, -0.2) is 0 Å². The summed E-state index contributed by atoms with van der Waals surface area (Å²) >= 11 is 0. The minimum Gasteiger partial charge on any atom is -0.394 e. The second-order valence-electron chi connectivity index (χ2n) is 11.6. The molecule has 0 radical (unpaired) electrons. The van der Waals surface area contributed by atoms with Crippen molar-refractivity contribution >= 4 is 0 Å². The van der Waals surface area contributed by atoms with Crippen molar-refractivity contribution in [1.82, 2.24) is 0 Å². The molecule has 0 bridgehead atoms. The SMILES string of the molecule is CC1C(O)OC(CO)[C@@H](O[C@@H]2OC(CO[C@H]3OC(CO[C@H]4OC(CO)[C@@H](O)[C@H](O)C4O)[C@@H](O)[C@H](O)C3O)[C@@H](O)[C@H](O)C2O)[C@@H]1O. The summed E-state index contributed by atoms with van der Waals surface area (Å²) in [5, 5.41) is 132. The molecule has 4 heterocycles. The molecule has 45 heavy (non-hydrogen) atoms. The van der Waals surface area contributed by atoms with Crippen LogP contribution in [0.25, 0.3) is 0 Å². The second kappa shape index (κ2) is 15.6. The van der Waals surface area contributed by atoms with E-state index in [0.29, 0.717) is 0 Å². The van der Waals surface area contributed by atoms with Crippen LogP contribution in [0.1, 0.15) is 6.92 Å². The van der Waals surface area contributed by atoms with E-state index in [-0.39, 0.29) is 0 Å². The van der Waals surface area contributed by atoms with Crippen LogP contribution in [0.4, 0.5) is 0 Å². The monoisotopic (exact) mass is 664 g/mol. The molecule has 20 atom stereocenters. The molecule has 4 aliphatic heterocycles. The second-order valence-corrected chi connectivity index (χ2v) is 11.6. The molecule has 13 N–H and O–H groups in total. The average molecular weight is 665 g/mol. The first-order chi connectivity index (χ1) is 21.2. The van der Waals surface area contributed by atoms with Gasteiger partial charge in [-0.3, -0.25) is 0 Å². The molecule has 0 saturated carbocycles. The molecule has 4 rings (SSSR count). The first kappa shape index (κ1) is 37.0. The third-order valence-electron chi connectivity index (χ3n) is 8.51. The van der Waals surface area contributed by atoms with Gasteiger partial charge in [0.2, 0.25) is 0 Å². The van der Waals surface area contributed by atoms with Gasteiger partial charge in [0.05, 0.1) is 32.5 Å². The Morgan fingerprint density at radius 3 is 1.31 bits per heavy atom. The Kier molecular flexibility index (Phi) is 12.8. The summed E-state index contributed by atoms with van der Waals surface area (Å²) < 4.78 is 38.0. The number of rotatable bonds is 10. The fourth-order valence-electron chi connectivity index (χ4n) is 5.48.